The van der Waals surface area contributed by atoms with Crippen LogP contribution in [0.5, 0.6) is 0 Å². The molecule has 7 rings (SSSR count). The van der Waals surface area contributed by atoms with E-state index in [0.717, 1.165) is 49.8 Å². The number of H-pyrrole nitrogens is 2. The van der Waals surface area contributed by atoms with E-state index in [1.54, 1.807) is 0 Å². The van der Waals surface area contributed by atoms with Crippen molar-refractivity contribution in [3.05, 3.63) is 71.0 Å². The number of benzene rings is 2. The number of nitrogens with one attached hydrogen (secondary N) is 4. The summed E-state index contributed by atoms with van der Waals surface area (Å²) in [5.74, 6) is 0.116. The van der Waals surface area contributed by atoms with Crippen molar-refractivity contribution in [1.29, 1.82) is 0 Å². The lowest BCUT2D eigenvalue weighted by Crippen LogP contribution is -2.60. The molecule has 2 aromatic carbocycles. The number of carbonyl (C=O) groups excluding carboxylic acids is 2. The van der Waals surface area contributed by atoms with Crippen LogP contribution in [-0.4, -0.2) is 69.8 Å². The lowest BCUT2D eigenvalue weighted by atomic mass is 9.88. The van der Waals surface area contributed by atoms with Gasteiger partial charge in [0, 0.05) is 58.4 Å². The molecule has 8 nitrogen and oxygen atoms in total. The monoisotopic (exact) mass is 538 g/mol. The molecule has 0 unspecified atom stereocenters. The SMILES string of the molecule is CN1Cc2[nH]c3ccccc3c2C[C@H]1C(=O)N[C@H]1CCCC[C@@H]1NC(=O)[C@@H]1Cc2c([nH]c3ccccc23)CN1C. The summed E-state index contributed by atoms with van der Waals surface area (Å²) in [6.45, 7) is 1.44. The van der Waals surface area contributed by atoms with Gasteiger partial charge in [0.25, 0.3) is 0 Å². The molecule has 4 heterocycles. The number of nitrogens with zero attached hydrogens (tertiary/aromatic N) is 2. The van der Waals surface area contributed by atoms with Crippen molar-refractivity contribution >= 4 is 33.6 Å². The fourth-order valence-corrected chi connectivity index (χ4v) is 7.29. The minimum atomic E-state index is -0.227. The van der Waals surface area contributed by atoms with Gasteiger partial charge in [-0.2, -0.15) is 0 Å². The van der Waals surface area contributed by atoms with Gasteiger partial charge in [-0.15, -0.1) is 0 Å². The van der Waals surface area contributed by atoms with Crippen LogP contribution in [0.4, 0.5) is 0 Å². The summed E-state index contributed by atoms with van der Waals surface area (Å²) in [6, 6.07) is 16.1. The maximum absolute atomic E-state index is 13.7. The molecule has 0 spiro atoms. The Morgan fingerprint density at radius 3 is 1.57 bits per heavy atom. The van der Waals surface area contributed by atoms with Crippen LogP contribution in [0.15, 0.2) is 48.5 Å². The highest BCUT2D eigenvalue weighted by Gasteiger charge is 2.37. The number of rotatable bonds is 4. The first kappa shape index (κ1) is 25.4. The second-order valence-electron chi connectivity index (χ2n) is 12.0. The average Bonchev–Trinajstić information content (AvgIpc) is 3.49. The van der Waals surface area contributed by atoms with Gasteiger partial charge in [-0.25, -0.2) is 0 Å². The van der Waals surface area contributed by atoms with E-state index in [1.807, 2.05) is 26.2 Å². The van der Waals surface area contributed by atoms with Crippen molar-refractivity contribution in [3.63, 3.8) is 0 Å². The Kier molecular flexibility index (Phi) is 6.40. The topological polar surface area (TPSA) is 96.3 Å². The Bertz CT molecular complexity index is 1470. The molecule has 0 saturated heterocycles. The third kappa shape index (κ3) is 4.39. The van der Waals surface area contributed by atoms with Gasteiger partial charge in [-0.1, -0.05) is 49.2 Å². The zero-order valence-corrected chi connectivity index (χ0v) is 23.3. The van der Waals surface area contributed by atoms with Crippen LogP contribution in [0.1, 0.15) is 48.2 Å². The van der Waals surface area contributed by atoms with Gasteiger partial charge in [0.2, 0.25) is 11.8 Å². The minimum absolute atomic E-state index is 0.0551. The molecule has 40 heavy (non-hydrogen) atoms. The van der Waals surface area contributed by atoms with Crippen LogP contribution in [0.25, 0.3) is 21.8 Å². The van der Waals surface area contributed by atoms with Crippen molar-refractivity contribution < 1.29 is 9.59 Å². The van der Waals surface area contributed by atoms with Gasteiger partial charge in [0.15, 0.2) is 0 Å². The van der Waals surface area contributed by atoms with Crippen LogP contribution in [-0.2, 0) is 35.5 Å². The van der Waals surface area contributed by atoms with Crippen molar-refractivity contribution in [1.82, 2.24) is 30.4 Å². The molecule has 3 aliphatic rings. The van der Waals surface area contributed by atoms with Crippen LogP contribution in [0, 0.1) is 0 Å². The van der Waals surface area contributed by atoms with Crippen LogP contribution < -0.4 is 10.6 Å². The molecule has 208 valence electrons. The first-order valence-corrected chi connectivity index (χ1v) is 14.6. The third-order valence-electron chi connectivity index (χ3n) is 9.50. The van der Waals surface area contributed by atoms with Crippen molar-refractivity contribution in [2.75, 3.05) is 14.1 Å². The van der Waals surface area contributed by atoms with Crippen LogP contribution in [0.3, 0.4) is 0 Å². The predicted molar refractivity (Wildman–Crippen MR) is 157 cm³/mol. The highest BCUT2D eigenvalue weighted by atomic mass is 16.2. The number of para-hydroxylation sites is 2. The zero-order chi connectivity index (χ0) is 27.4. The molecule has 1 aliphatic carbocycles. The van der Waals surface area contributed by atoms with E-state index in [2.05, 4.69) is 66.8 Å². The molecule has 0 radical (unpaired) electrons. The standard InChI is InChI=1S/C32H38N6O2/c1-37-17-27-21(19-9-3-5-11-23(19)33-27)15-29(37)31(39)35-25-13-7-8-14-26(25)36-32(40)30-16-22-20-10-4-6-12-24(20)34-28(22)18-38(30)2/h3-6,9-12,25-26,29-30,33-34H,7-8,13-18H2,1-2H3,(H,35,39)(H,36,40)/t25-,26-,29-,30-/m0/s1. The number of likely N-dealkylation sites (N-methyl/N-ethyl adjacent to an activating group) is 2. The first-order chi connectivity index (χ1) is 19.5. The second-order valence-corrected chi connectivity index (χ2v) is 12.0. The number of aromatic nitrogens is 2. The normalized spacial score (nSPS) is 25.4. The second kappa shape index (κ2) is 10.1. The first-order valence-electron chi connectivity index (χ1n) is 14.6. The number of amides is 2. The quantitative estimate of drug-likeness (QED) is 0.319. The van der Waals surface area contributed by atoms with E-state index in [9.17, 15) is 9.59 Å². The molecular weight excluding hydrogens is 500 g/mol. The average molecular weight is 539 g/mol. The lowest BCUT2D eigenvalue weighted by Gasteiger charge is -2.38. The largest absolute Gasteiger partial charge is 0.357 e. The Labute approximate surface area is 234 Å². The fourth-order valence-electron chi connectivity index (χ4n) is 7.29. The van der Waals surface area contributed by atoms with Crippen LogP contribution >= 0.6 is 0 Å². The molecule has 2 aliphatic heterocycles. The molecule has 4 N–H and O–H groups in total. The van der Waals surface area contributed by atoms with Crippen LogP contribution in [0.2, 0.25) is 0 Å². The summed E-state index contributed by atoms with van der Waals surface area (Å²) < 4.78 is 0. The number of hydrogen-bond acceptors (Lipinski definition) is 4. The number of carbonyl (C=O) groups is 2. The minimum Gasteiger partial charge on any atom is -0.357 e. The van der Waals surface area contributed by atoms with E-state index in [-0.39, 0.29) is 36.0 Å². The highest BCUT2D eigenvalue weighted by molar-refractivity contribution is 5.89. The van der Waals surface area contributed by atoms with Gasteiger partial charge in [-0.05, 0) is 63.0 Å². The summed E-state index contributed by atoms with van der Waals surface area (Å²) in [7, 11) is 4.05. The number of aromatic amines is 2. The molecule has 4 aromatic rings. The maximum atomic E-state index is 13.7. The molecule has 0 bridgehead atoms. The zero-order valence-electron chi connectivity index (χ0n) is 23.3. The summed E-state index contributed by atoms with van der Waals surface area (Å²) in [4.78, 5) is 38.7. The molecule has 8 heteroatoms. The summed E-state index contributed by atoms with van der Waals surface area (Å²) in [5, 5.41) is 9.16. The molecule has 2 amide bonds. The van der Waals surface area contributed by atoms with E-state index < -0.39 is 0 Å². The number of fused-ring (bicyclic) bond motifs is 6. The van der Waals surface area contributed by atoms with Crippen molar-refractivity contribution in [2.24, 2.45) is 0 Å². The van der Waals surface area contributed by atoms with E-state index in [0.29, 0.717) is 12.8 Å². The Hall–Kier alpha value is -3.62. The molecule has 2 aromatic heterocycles. The van der Waals surface area contributed by atoms with E-state index in [4.69, 9.17) is 0 Å². The van der Waals surface area contributed by atoms with E-state index in [1.165, 1.54) is 33.3 Å². The van der Waals surface area contributed by atoms with Crippen molar-refractivity contribution in [3.8, 4) is 0 Å². The highest BCUT2D eigenvalue weighted by Crippen LogP contribution is 2.31. The van der Waals surface area contributed by atoms with E-state index >= 15 is 0 Å². The molecular formula is C32H38N6O2. The fraction of sp³-hybridized carbons (Fsp3) is 0.438. The van der Waals surface area contributed by atoms with Crippen molar-refractivity contribution in [2.45, 2.75) is 75.8 Å². The summed E-state index contributed by atoms with van der Waals surface area (Å²) in [5.41, 5.74) is 7.16. The lowest BCUT2D eigenvalue weighted by molar-refractivity contribution is -0.130. The van der Waals surface area contributed by atoms with Gasteiger partial charge in [0.1, 0.15) is 0 Å². The third-order valence-corrected chi connectivity index (χ3v) is 9.50. The molecule has 4 atom stereocenters. The van der Waals surface area contributed by atoms with Gasteiger partial charge in [0.05, 0.1) is 12.1 Å². The molecule has 1 fully saturated rings. The Morgan fingerprint density at radius 2 is 1.12 bits per heavy atom. The maximum Gasteiger partial charge on any atom is 0.237 e. The van der Waals surface area contributed by atoms with Gasteiger partial charge < -0.3 is 20.6 Å². The summed E-state index contributed by atoms with van der Waals surface area (Å²) in [6.07, 6.45) is 5.27. The molecule has 1 saturated carbocycles. The summed E-state index contributed by atoms with van der Waals surface area (Å²) >= 11 is 0. The van der Waals surface area contributed by atoms with Gasteiger partial charge in [-0.3, -0.25) is 19.4 Å². The smallest absolute Gasteiger partial charge is 0.237 e. The number of hydrogen-bond donors (Lipinski definition) is 4. The Morgan fingerprint density at radius 1 is 0.700 bits per heavy atom. The predicted octanol–water partition coefficient (Wildman–Crippen LogP) is 3.61. The van der Waals surface area contributed by atoms with Gasteiger partial charge >= 0.3 is 0 Å². The Balaban J connectivity index is 1.04.